The molecule has 5 heteroatoms. The monoisotopic (exact) mass is 343 g/mol. The van der Waals surface area contributed by atoms with Gasteiger partial charge in [0.15, 0.2) is 0 Å². The first-order valence-electron chi connectivity index (χ1n) is 8.50. The minimum atomic E-state index is -0.0807. The molecule has 134 valence electrons. The Morgan fingerprint density at radius 1 is 1.04 bits per heavy atom. The molecule has 1 amide bonds. The van der Waals surface area contributed by atoms with E-state index >= 15 is 0 Å². The minimum absolute atomic E-state index is 0.0807. The van der Waals surface area contributed by atoms with E-state index in [1.54, 1.807) is 19.2 Å². The van der Waals surface area contributed by atoms with Crippen molar-refractivity contribution in [3.63, 3.8) is 0 Å². The summed E-state index contributed by atoms with van der Waals surface area (Å²) in [5, 5.41) is 3.03. The Morgan fingerprint density at radius 2 is 1.64 bits per heavy atom. The van der Waals surface area contributed by atoms with Gasteiger partial charge in [0.25, 0.3) is 5.91 Å². The number of ether oxygens (including phenoxy) is 2. The molecule has 5 nitrogen and oxygen atoms in total. The Bertz CT molecular complexity index is 666. The Morgan fingerprint density at radius 3 is 2.16 bits per heavy atom. The Kier molecular flexibility index (Phi) is 6.83. The third-order valence-electron chi connectivity index (χ3n) is 4.11. The largest absolute Gasteiger partial charge is 0.497 e. The van der Waals surface area contributed by atoms with E-state index in [-0.39, 0.29) is 11.9 Å². The van der Waals surface area contributed by atoms with Gasteiger partial charge in [-0.15, -0.1) is 0 Å². The number of nitrogens with one attached hydrogen (secondary N) is 2. The zero-order valence-corrected chi connectivity index (χ0v) is 15.3. The molecule has 0 bridgehead atoms. The molecule has 1 atom stereocenters. The quantitative estimate of drug-likeness (QED) is 0.767. The number of likely N-dealkylation sites (N-methyl/N-ethyl adjacent to an activating group) is 1. The highest BCUT2D eigenvalue weighted by atomic mass is 16.5. The van der Waals surface area contributed by atoms with Gasteiger partial charge < -0.3 is 19.7 Å². The first-order valence-corrected chi connectivity index (χ1v) is 8.50. The third kappa shape index (κ3) is 5.22. The van der Waals surface area contributed by atoms with Crippen LogP contribution >= 0.6 is 0 Å². The summed E-state index contributed by atoms with van der Waals surface area (Å²) in [7, 11) is 5.82. The van der Waals surface area contributed by atoms with Crippen molar-refractivity contribution in [1.29, 1.82) is 0 Å². The fourth-order valence-electron chi connectivity index (χ4n) is 2.66. The van der Waals surface area contributed by atoms with E-state index in [0.717, 1.165) is 17.1 Å². The number of rotatable bonds is 8. The van der Waals surface area contributed by atoms with Crippen molar-refractivity contribution >= 4 is 5.91 Å². The first-order chi connectivity index (χ1) is 12.0. The van der Waals surface area contributed by atoms with Crippen molar-refractivity contribution < 1.29 is 19.2 Å². The maximum atomic E-state index is 12.4. The topological polar surface area (TPSA) is 52.0 Å². The fraction of sp³-hybridized carbons (Fsp3) is 0.350. The van der Waals surface area contributed by atoms with Gasteiger partial charge in [0.2, 0.25) is 0 Å². The Balaban J connectivity index is 2.01. The molecule has 0 unspecified atom stereocenters. The summed E-state index contributed by atoms with van der Waals surface area (Å²) >= 11 is 0. The van der Waals surface area contributed by atoms with Crippen molar-refractivity contribution in [2.24, 2.45) is 0 Å². The van der Waals surface area contributed by atoms with Gasteiger partial charge in [-0.1, -0.05) is 0 Å². The van der Waals surface area contributed by atoms with E-state index in [9.17, 15) is 4.79 Å². The molecule has 0 radical (unpaired) electrons. The number of carbonyl (C=O) groups is 1. The zero-order chi connectivity index (χ0) is 18.2. The molecule has 0 aromatic heterocycles. The van der Waals surface area contributed by atoms with Gasteiger partial charge in [-0.3, -0.25) is 4.79 Å². The molecular formula is C20H27N2O3+. The second-order valence-corrected chi connectivity index (χ2v) is 6.07. The number of carbonyl (C=O) groups excluding carboxylic acids is 1. The van der Waals surface area contributed by atoms with Crippen LogP contribution in [0, 0.1) is 0 Å². The van der Waals surface area contributed by atoms with Crippen molar-refractivity contribution in [1.82, 2.24) is 5.32 Å². The Labute approximate surface area is 149 Å². The van der Waals surface area contributed by atoms with E-state index in [4.69, 9.17) is 9.47 Å². The molecular weight excluding hydrogens is 316 g/mol. The van der Waals surface area contributed by atoms with Crippen molar-refractivity contribution in [2.45, 2.75) is 13.0 Å². The van der Waals surface area contributed by atoms with Crippen LogP contribution in [0.1, 0.15) is 28.9 Å². The van der Waals surface area contributed by atoms with Crippen molar-refractivity contribution in [3.8, 4) is 11.5 Å². The molecule has 0 fully saturated rings. The SMILES string of the molecule is CCOc1ccc(C(=O)NC[C@H](c2ccc(OC)cc2)[NH+](C)C)cc1. The average molecular weight is 343 g/mol. The van der Waals surface area contributed by atoms with Crippen LogP contribution < -0.4 is 19.7 Å². The lowest BCUT2D eigenvalue weighted by atomic mass is 10.1. The van der Waals surface area contributed by atoms with Gasteiger partial charge in [-0.2, -0.15) is 0 Å². The van der Waals surface area contributed by atoms with E-state index in [1.165, 1.54) is 4.90 Å². The number of quaternary nitrogens is 1. The summed E-state index contributed by atoms with van der Waals surface area (Å²) < 4.78 is 10.6. The van der Waals surface area contributed by atoms with Crippen LogP contribution in [-0.2, 0) is 0 Å². The van der Waals surface area contributed by atoms with Crippen LogP contribution in [0.2, 0.25) is 0 Å². The summed E-state index contributed by atoms with van der Waals surface area (Å²) in [5.41, 5.74) is 1.79. The number of hydrogen-bond acceptors (Lipinski definition) is 3. The number of amides is 1. The highest BCUT2D eigenvalue weighted by molar-refractivity contribution is 5.94. The van der Waals surface area contributed by atoms with Crippen molar-refractivity contribution in [2.75, 3.05) is 34.4 Å². The summed E-state index contributed by atoms with van der Waals surface area (Å²) in [6.07, 6.45) is 0. The average Bonchev–Trinajstić information content (AvgIpc) is 2.63. The normalized spacial score (nSPS) is 11.9. The highest BCUT2D eigenvalue weighted by Gasteiger charge is 2.19. The highest BCUT2D eigenvalue weighted by Crippen LogP contribution is 2.16. The van der Waals surface area contributed by atoms with Crippen LogP contribution in [0.3, 0.4) is 0 Å². The predicted molar refractivity (Wildman–Crippen MR) is 98.5 cm³/mol. The van der Waals surface area contributed by atoms with Crippen LogP contribution in [-0.4, -0.2) is 40.3 Å². The van der Waals surface area contributed by atoms with Gasteiger partial charge >= 0.3 is 0 Å². The molecule has 0 aliphatic rings. The van der Waals surface area contributed by atoms with Gasteiger partial charge in [-0.05, 0) is 55.5 Å². The van der Waals surface area contributed by atoms with Crippen LogP contribution in [0.25, 0.3) is 0 Å². The van der Waals surface area contributed by atoms with Crippen molar-refractivity contribution in [3.05, 3.63) is 59.7 Å². The molecule has 0 aliphatic heterocycles. The van der Waals surface area contributed by atoms with Gasteiger partial charge in [0.1, 0.15) is 17.5 Å². The molecule has 0 saturated heterocycles. The van der Waals surface area contributed by atoms with E-state index in [0.29, 0.717) is 18.7 Å². The zero-order valence-electron chi connectivity index (χ0n) is 15.3. The standard InChI is InChI=1S/C20H26N2O3/c1-5-25-18-12-8-16(9-13-18)20(23)21-14-19(22(2)3)15-6-10-17(24-4)11-7-15/h6-13,19H,5,14H2,1-4H3,(H,21,23)/p+1/t19-/m1/s1. The van der Waals surface area contributed by atoms with Crippen LogP contribution in [0.15, 0.2) is 48.5 Å². The molecule has 0 saturated carbocycles. The number of methoxy groups -OCH3 is 1. The fourth-order valence-corrected chi connectivity index (χ4v) is 2.66. The summed E-state index contributed by atoms with van der Waals surface area (Å²) in [6.45, 7) is 3.10. The molecule has 25 heavy (non-hydrogen) atoms. The third-order valence-corrected chi connectivity index (χ3v) is 4.11. The number of benzene rings is 2. The second kappa shape index (κ2) is 9.08. The molecule has 2 aromatic rings. The summed E-state index contributed by atoms with van der Waals surface area (Å²) in [4.78, 5) is 13.6. The molecule has 0 spiro atoms. The van der Waals surface area contributed by atoms with Gasteiger partial charge in [0, 0.05) is 11.1 Å². The molecule has 2 N–H and O–H groups in total. The van der Waals surface area contributed by atoms with Gasteiger partial charge in [0.05, 0.1) is 34.4 Å². The lowest BCUT2D eigenvalue weighted by molar-refractivity contribution is -0.890. The smallest absolute Gasteiger partial charge is 0.251 e. The van der Waals surface area contributed by atoms with Crippen LogP contribution in [0.4, 0.5) is 0 Å². The molecule has 0 heterocycles. The lowest BCUT2D eigenvalue weighted by Crippen LogP contribution is -3.07. The first kappa shape index (κ1) is 18.8. The van der Waals surface area contributed by atoms with E-state index in [2.05, 4.69) is 19.4 Å². The van der Waals surface area contributed by atoms with Crippen LogP contribution in [0.5, 0.6) is 11.5 Å². The van der Waals surface area contributed by atoms with Gasteiger partial charge in [-0.25, -0.2) is 0 Å². The predicted octanol–water partition coefficient (Wildman–Crippen LogP) is 1.71. The molecule has 2 rings (SSSR count). The maximum Gasteiger partial charge on any atom is 0.251 e. The maximum absolute atomic E-state index is 12.4. The number of hydrogen-bond donors (Lipinski definition) is 2. The lowest BCUT2D eigenvalue weighted by Gasteiger charge is -2.22. The second-order valence-electron chi connectivity index (χ2n) is 6.07. The summed E-state index contributed by atoms with van der Waals surface area (Å²) in [6, 6.07) is 15.3. The molecule has 0 aliphatic carbocycles. The molecule has 2 aromatic carbocycles. The van der Waals surface area contributed by atoms with E-state index in [1.807, 2.05) is 43.3 Å². The Hall–Kier alpha value is -2.53. The van der Waals surface area contributed by atoms with E-state index < -0.39 is 0 Å². The minimum Gasteiger partial charge on any atom is -0.497 e. The summed E-state index contributed by atoms with van der Waals surface area (Å²) in [5.74, 6) is 1.52.